The summed E-state index contributed by atoms with van der Waals surface area (Å²) in [6.45, 7) is 2.12. The molecule has 27 heavy (non-hydrogen) atoms. The Balaban J connectivity index is 1.44. The second-order valence-corrected chi connectivity index (χ2v) is 8.78. The average Bonchev–Trinajstić information content (AvgIpc) is 3.15. The zero-order valence-electron chi connectivity index (χ0n) is 15.4. The van der Waals surface area contributed by atoms with E-state index in [0.717, 1.165) is 37.8 Å². The molecule has 2 N–H and O–H groups in total. The van der Waals surface area contributed by atoms with Crippen molar-refractivity contribution in [2.45, 2.75) is 49.8 Å². The zero-order chi connectivity index (χ0) is 19.1. The van der Waals surface area contributed by atoms with Gasteiger partial charge in [0.2, 0.25) is 16.9 Å². The Morgan fingerprint density at radius 3 is 2.59 bits per heavy atom. The van der Waals surface area contributed by atoms with Crippen LogP contribution in [0.5, 0.6) is 0 Å². The van der Waals surface area contributed by atoms with Gasteiger partial charge in [-0.3, -0.25) is 14.9 Å². The highest BCUT2D eigenvalue weighted by atomic mass is 32.2. The van der Waals surface area contributed by atoms with Gasteiger partial charge in [-0.25, -0.2) is 0 Å². The van der Waals surface area contributed by atoms with Gasteiger partial charge in [0.25, 0.3) is 0 Å². The Morgan fingerprint density at radius 1 is 1.15 bits per heavy atom. The molecule has 0 bridgehead atoms. The van der Waals surface area contributed by atoms with Crippen LogP contribution in [-0.4, -0.2) is 27.8 Å². The minimum atomic E-state index is -0.268. The lowest BCUT2D eigenvalue weighted by atomic mass is 9.89. The van der Waals surface area contributed by atoms with Crippen molar-refractivity contribution in [2.24, 2.45) is 5.92 Å². The molecule has 8 heteroatoms. The number of anilines is 2. The molecule has 1 fully saturated rings. The lowest BCUT2D eigenvalue weighted by molar-refractivity contribution is -0.132. The van der Waals surface area contributed by atoms with Crippen LogP contribution in [0, 0.1) is 5.92 Å². The third kappa shape index (κ3) is 6.04. The normalized spacial score (nSPS) is 14.7. The smallest absolute Gasteiger partial charge is 0.237 e. The van der Waals surface area contributed by atoms with Crippen molar-refractivity contribution >= 4 is 45.7 Å². The van der Waals surface area contributed by atoms with Crippen LogP contribution in [0.1, 0.15) is 44.6 Å². The number of aryl methyl sites for hydroxylation is 1. The van der Waals surface area contributed by atoms with Crippen LogP contribution in [0.15, 0.2) is 28.6 Å². The first-order valence-electron chi connectivity index (χ1n) is 9.30. The van der Waals surface area contributed by atoms with E-state index in [1.54, 1.807) is 0 Å². The molecule has 1 saturated carbocycles. The fourth-order valence-corrected chi connectivity index (χ4v) is 4.61. The molecule has 1 aromatic heterocycles. The number of carbonyl (C=O) groups excluding carboxylic acids is 2. The van der Waals surface area contributed by atoms with E-state index in [4.69, 9.17) is 0 Å². The number of benzene rings is 1. The second-order valence-electron chi connectivity index (χ2n) is 6.58. The number of rotatable bonds is 7. The maximum absolute atomic E-state index is 12.1. The fourth-order valence-electron chi connectivity index (χ4n) is 3.03. The van der Waals surface area contributed by atoms with E-state index < -0.39 is 0 Å². The minimum Gasteiger partial charge on any atom is -0.330 e. The molecule has 144 valence electrons. The van der Waals surface area contributed by atoms with Crippen molar-refractivity contribution in [3.8, 4) is 0 Å². The van der Waals surface area contributed by atoms with Crippen LogP contribution in [0.2, 0.25) is 0 Å². The number of aromatic nitrogens is 2. The van der Waals surface area contributed by atoms with Crippen LogP contribution in [0.4, 0.5) is 10.8 Å². The number of carbonyl (C=O) groups is 2. The van der Waals surface area contributed by atoms with Crippen LogP contribution >= 0.6 is 23.1 Å². The summed E-state index contributed by atoms with van der Waals surface area (Å²) in [6, 6.07) is 8.17. The van der Waals surface area contributed by atoms with E-state index in [9.17, 15) is 9.59 Å². The third-order valence-corrected chi connectivity index (χ3v) is 6.56. The summed E-state index contributed by atoms with van der Waals surface area (Å²) in [5.74, 6) is -0.242. The van der Waals surface area contributed by atoms with Crippen molar-refractivity contribution in [3.63, 3.8) is 0 Å². The van der Waals surface area contributed by atoms with Gasteiger partial charge >= 0.3 is 0 Å². The number of thioether (sulfide) groups is 1. The highest BCUT2D eigenvalue weighted by molar-refractivity contribution is 8.01. The Bertz CT molecular complexity index is 770. The number of imide groups is 1. The van der Waals surface area contributed by atoms with Crippen molar-refractivity contribution in [1.29, 1.82) is 0 Å². The van der Waals surface area contributed by atoms with Gasteiger partial charge < -0.3 is 5.32 Å². The molecule has 1 aliphatic carbocycles. The predicted molar refractivity (Wildman–Crippen MR) is 109 cm³/mol. The molecule has 3 rings (SSSR count). The Kier molecular flexibility index (Phi) is 7.23. The molecule has 0 atom stereocenters. The number of hydrogen-bond donors (Lipinski definition) is 2. The highest BCUT2D eigenvalue weighted by Crippen LogP contribution is 2.28. The molecule has 0 radical (unpaired) electrons. The molecule has 1 aliphatic rings. The lowest BCUT2D eigenvalue weighted by Crippen LogP contribution is -2.37. The molecular formula is C19H24N4O2S2. The quantitative estimate of drug-likeness (QED) is 0.674. The molecule has 1 heterocycles. The second kappa shape index (κ2) is 9.85. The third-order valence-electron chi connectivity index (χ3n) is 4.59. The van der Waals surface area contributed by atoms with Crippen LogP contribution < -0.4 is 10.6 Å². The maximum atomic E-state index is 12.1. The Hall–Kier alpha value is -1.93. The molecule has 2 amide bonds. The summed E-state index contributed by atoms with van der Waals surface area (Å²) in [4.78, 5) is 24.1. The number of hydrogen-bond acceptors (Lipinski definition) is 7. The van der Waals surface area contributed by atoms with Crippen molar-refractivity contribution < 1.29 is 9.59 Å². The van der Waals surface area contributed by atoms with E-state index in [-0.39, 0.29) is 23.5 Å². The Labute approximate surface area is 167 Å². The fraction of sp³-hybridized carbons (Fsp3) is 0.474. The van der Waals surface area contributed by atoms with Crippen molar-refractivity contribution in [3.05, 3.63) is 29.8 Å². The van der Waals surface area contributed by atoms with Gasteiger partial charge in [0.15, 0.2) is 4.34 Å². The molecule has 0 aliphatic heterocycles. The monoisotopic (exact) mass is 404 g/mol. The molecule has 0 unspecified atom stereocenters. The van der Waals surface area contributed by atoms with Gasteiger partial charge in [-0.1, -0.05) is 61.4 Å². The summed E-state index contributed by atoms with van der Waals surface area (Å²) in [5, 5.41) is 14.6. The lowest BCUT2D eigenvalue weighted by Gasteiger charge is -2.20. The van der Waals surface area contributed by atoms with Gasteiger partial charge in [0.1, 0.15) is 0 Å². The molecular weight excluding hydrogens is 380 g/mol. The summed E-state index contributed by atoms with van der Waals surface area (Å²) in [6.07, 6.45) is 6.11. The van der Waals surface area contributed by atoms with E-state index >= 15 is 0 Å². The van der Waals surface area contributed by atoms with Gasteiger partial charge in [0.05, 0.1) is 5.75 Å². The summed E-state index contributed by atoms with van der Waals surface area (Å²) in [5.41, 5.74) is 2.23. The van der Waals surface area contributed by atoms with Gasteiger partial charge in [-0.05, 0) is 37.0 Å². The summed E-state index contributed by atoms with van der Waals surface area (Å²) < 4.78 is 0.697. The molecule has 2 aromatic rings. The highest BCUT2D eigenvalue weighted by Gasteiger charge is 2.22. The predicted octanol–water partition coefficient (Wildman–Crippen LogP) is 4.16. The summed E-state index contributed by atoms with van der Waals surface area (Å²) >= 11 is 2.69. The van der Waals surface area contributed by atoms with Gasteiger partial charge in [0, 0.05) is 11.6 Å². The molecule has 0 spiro atoms. The first-order valence-corrected chi connectivity index (χ1v) is 11.1. The number of nitrogens with one attached hydrogen (secondary N) is 2. The van der Waals surface area contributed by atoms with Crippen LogP contribution in [-0.2, 0) is 16.0 Å². The first-order chi connectivity index (χ1) is 13.1. The SMILES string of the molecule is CCc1ccc(Nc2nnc(SCC(=O)NC(=O)C3CCCCC3)s2)cc1. The first kappa shape index (κ1) is 19.8. The topological polar surface area (TPSA) is 84.0 Å². The standard InChI is InChI=1S/C19H24N4O2S2/c1-2-13-8-10-15(11-9-13)20-18-22-23-19(27-18)26-12-16(24)21-17(25)14-6-4-3-5-7-14/h8-11,14H,2-7,12H2,1H3,(H,20,22)(H,21,24,25). The van der Waals surface area contributed by atoms with Crippen LogP contribution in [0.25, 0.3) is 0 Å². The molecule has 1 aromatic carbocycles. The molecule has 0 saturated heterocycles. The van der Waals surface area contributed by atoms with Crippen molar-refractivity contribution in [2.75, 3.05) is 11.1 Å². The number of amides is 2. The van der Waals surface area contributed by atoms with E-state index in [0.29, 0.717) is 9.47 Å². The number of nitrogens with zero attached hydrogens (tertiary/aromatic N) is 2. The minimum absolute atomic E-state index is 0.0101. The van der Waals surface area contributed by atoms with E-state index in [1.165, 1.54) is 35.1 Å². The zero-order valence-corrected chi connectivity index (χ0v) is 17.0. The summed E-state index contributed by atoms with van der Waals surface area (Å²) in [7, 11) is 0. The van der Waals surface area contributed by atoms with E-state index in [2.05, 4.69) is 39.9 Å². The van der Waals surface area contributed by atoms with Crippen LogP contribution in [0.3, 0.4) is 0 Å². The maximum Gasteiger partial charge on any atom is 0.237 e. The van der Waals surface area contributed by atoms with Gasteiger partial charge in [-0.2, -0.15) is 0 Å². The Morgan fingerprint density at radius 2 is 1.89 bits per heavy atom. The van der Waals surface area contributed by atoms with Gasteiger partial charge in [-0.15, -0.1) is 10.2 Å². The van der Waals surface area contributed by atoms with Crippen molar-refractivity contribution in [1.82, 2.24) is 15.5 Å². The van der Waals surface area contributed by atoms with E-state index in [1.807, 2.05) is 12.1 Å². The molecule has 6 nitrogen and oxygen atoms in total. The average molecular weight is 405 g/mol. The largest absolute Gasteiger partial charge is 0.330 e.